The summed E-state index contributed by atoms with van der Waals surface area (Å²) in [6.45, 7) is 2.90. The summed E-state index contributed by atoms with van der Waals surface area (Å²) in [6, 6.07) is 4.11. The molecular formula is C16H17BrN4. The average Bonchev–Trinajstić information content (AvgIpc) is 3.34. The first-order valence-electron chi connectivity index (χ1n) is 7.46. The summed E-state index contributed by atoms with van der Waals surface area (Å²) in [4.78, 5) is 16.1. The molecule has 21 heavy (non-hydrogen) atoms. The van der Waals surface area contributed by atoms with Gasteiger partial charge in [-0.05, 0) is 40.4 Å². The average molecular weight is 345 g/mol. The van der Waals surface area contributed by atoms with Gasteiger partial charge in [-0.3, -0.25) is 4.90 Å². The molecule has 0 bridgehead atoms. The Morgan fingerprint density at radius 2 is 2.19 bits per heavy atom. The highest BCUT2D eigenvalue weighted by Gasteiger charge is 2.28. The van der Waals surface area contributed by atoms with E-state index < -0.39 is 0 Å². The van der Waals surface area contributed by atoms with Crippen molar-refractivity contribution in [3.05, 3.63) is 51.8 Å². The molecule has 0 spiro atoms. The highest BCUT2D eigenvalue weighted by Crippen LogP contribution is 2.38. The highest BCUT2D eigenvalue weighted by molar-refractivity contribution is 9.10. The molecule has 2 aromatic heterocycles. The number of pyridine rings is 1. The normalized spacial score (nSPS) is 18.5. The molecule has 0 atom stereocenters. The van der Waals surface area contributed by atoms with E-state index in [1.54, 1.807) is 0 Å². The first kappa shape index (κ1) is 13.3. The van der Waals surface area contributed by atoms with E-state index in [1.165, 1.54) is 29.7 Å². The van der Waals surface area contributed by atoms with E-state index in [0.29, 0.717) is 5.92 Å². The van der Waals surface area contributed by atoms with Crippen molar-refractivity contribution in [2.45, 2.75) is 38.3 Å². The standard InChI is InChI=1S/C16H17BrN4/c17-15-12(2-1-6-18-15)9-21-7-5-14-13(10-21)8-19-16(20-14)11-3-4-11/h1-2,6,8,11H,3-5,7,9-10H2. The van der Waals surface area contributed by atoms with Crippen LogP contribution in [0.4, 0.5) is 0 Å². The monoisotopic (exact) mass is 344 g/mol. The van der Waals surface area contributed by atoms with Gasteiger partial charge in [0.2, 0.25) is 0 Å². The number of halogens is 1. The third-order valence-electron chi connectivity index (χ3n) is 4.20. The second-order valence-corrected chi connectivity index (χ2v) is 6.64. The fourth-order valence-electron chi connectivity index (χ4n) is 2.84. The van der Waals surface area contributed by atoms with Crippen LogP contribution in [-0.4, -0.2) is 26.4 Å². The third-order valence-corrected chi connectivity index (χ3v) is 4.92. The summed E-state index contributed by atoms with van der Waals surface area (Å²) in [7, 11) is 0. The highest BCUT2D eigenvalue weighted by atomic mass is 79.9. The van der Waals surface area contributed by atoms with Gasteiger partial charge in [0.1, 0.15) is 10.4 Å². The Hall–Kier alpha value is -1.33. The number of fused-ring (bicyclic) bond motifs is 1. The van der Waals surface area contributed by atoms with Crippen LogP contribution in [0.15, 0.2) is 29.1 Å². The second-order valence-electron chi connectivity index (χ2n) is 5.89. The van der Waals surface area contributed by atoms with E-state index in [-0.39, 0.29) is 0 Å². The zero-order valence-corrected chi connectivity index (χ0v) is 13.4. The number of aromatic nitrogens is 3. The van der Waals surface area contributed by atoms with Crippen molar-refractivity contribution in [3.63, 3.8) is 0 Å². The molecule has 1 saturated carbocycles. The minimum atomic E-state index is 0.639. The molecule has 0 N–H and O–H groups in total. The fraction of sp³-hybridized carbons (Fsp3) is 0.438. The molecular weight excluding hydrogens is 328 g/mol. The SMILES string of the molecule is Brc1ncccc1CN1CCc2nc(C3CC3)ncc2C1. The quantitative estimate of drug-likeness (QED) is 0.802. The van der Waals surface area contributed by atoms with E-state index in [0.717, 1.165) is 36.5 Å². The molecule has 4 nitrogen and oxygen atoms in total. The predicted molar refractivity (Wildman–Crippen MR) is 83.8 cm³/mol. The molecule has 0 saturated heterocycles. The van der Waals surface area contributed by atoms with Gasteiger partial charge in [-0.1, -0.05) is 6.07 Å². The summed E-state index contributed by atoms with van der Waals surface area (Å²) in [5, 5.41) is 0. The molecule has 4 rings (SSSR count). The van der Waals surface area contributed by atoms with Crippen LogP contribution in [0.1, 0.15) is 41.4 Å². The molecule has 5 heteroatoms. The van der Waals surface area contributed by atoms with Gasteiger partial charge >= 0.3 is 0 Å². The molecule has 0 unspecified atom stereocenters. The maximum atomic E-state index is 4.77. The van der Waals surface area contributed by atoms with E-state index in [1.807, 2.05) is 18.5 Å². The minimum Gasteiger partial charge on any atom is -0.294 e. The van der Waals surface area contributed by atoms with Gasteiger partial charge in [-0.25, -0.2) is 15.0 Å². The molecule has 0 amide bonds. The van der Waals surface area contributed by atoms with Crippen molar-refractivity contribution in [2.24, 2.45) is 0 Å². The molecule has 2 aliphatic rings. The van der Waals surface area contributed by atoms with Gasteiger partial charge in [0.25, 0.3) is 0 Å². The van der Waals surface area contributed by atoms with Crippen LogP contribution in [0, 0.1) is 0 Å². The van der Waals surface area contributed by atoms with Crippen LogP contribution in [-0.2, 0) is 19.5 Å². The Balaban J connectivity index is 1.50. The second kappa shape index (κ2) is 5.46. The van der Waals surface area contributed by atoms with Gasteiger partial charge < -0.3 is 0 Å². The summed E-state index contributed by atoms with van der Waals surface area (Å²) in [5.41, 5.74) is 3.77. The molecule has 108 valence electrons. The number of rotatable bonds is 3. The summed E-state index contributed by atoms with van der Waals surface area (Å²) in [6.07, 6.45) is 7.40. The van der Waals surface area contributed by atoms with Crippen LogP contribution < -0.4 is 0 Å². The fourth-order valence-corrected chi connectivity index (χ4v) is 3.22. The van der Waals surface area contributed by atoms with Crippen LogP contribution in [0.3, 0.4) is 0 Å². The van der Waals surface area contributed by atoms with Gasteiger partial charge in [0, 0.05) is 55.6 Å². The zero-order valence-electron chi connectivity index (χ0n) is 11.8. The molecule has 1 aliphatic carbocycles. The van der Waals surface area contributed by atoms with Crippen molar-refractivity contribution >= 4 is 15.9 Å². The molecule has 1 aliphatic heterocycles. The lowest BCUT2D eigenvalue weighted by Gasteiger charge is -2.28. The van der Waals surface area contributed by atoms with Crippen molar-refractivity contribution in [3.8, 4) is 0 Å². The minimum absolute atomic E-state index is 0.639. The maximum Gasteiger partial charge on any atom is 0.131 e. The third kappa shape index (κ3) is 2.85. The Bertz CT molecular complexity index is 669. The maximum absolute atomic E-state index is 4.77. The van der Waals surface area contributed by atoms with Crippen LogP contribution in [0.5, 0.6) is 0 Å². The first-order valence-corrected chi connectivity index (χ1v) is 8.25. The Labute approximate surface area is 132 Å². The summed E-state index contributed by atoms with van der Waals surface area (Å²) in [5.74, 6) is 1.71. The lowest BCUT2D eigenvalue weighted by molar-refractivity contribution is 0.242. The van der Waals surface area contributed by atoms with Gasteiger partial charge in [0.15, 0.2) is 0 Å². The molecule has 2 aromatic rings. The van der Waals surface area contributed by atoms with Crippen LogP contribution in [0.25, 0.3) is 0 Å². The van der Waals surface area contributed by atoms with Gasteiger partial charge in [0.05, 0.1) is 0 Å². The van der Waals surface area contributed by atoms with Crippen molar-refractivity contribution in [1.82, 2.24) is 19.9 Å². The van der Waals surface area contributed by atoms with Crippen LogP contribution >= 0.6 is 15.9 Å². The van der Waals surface area contributed by atoms with Crippen LogP contribution in [0.2, 0.25) is 0 Å². The lowest BCUT2D eigenvalue weighted by atomic mass is 10.1. The van der Waals surface area contributed by atoms with Crippen molar-refractivity contribution in [1.29, 1.82) is 0 Å². The zero-order chi connectivity index (χ0) is 14.2. The van der Waals surface area contributed by atoms with E-state index >= 15 is 0 Å². The Morgan fingerprint density at radius 3 is 3.00 bits per heavy atom. The summed E-state index contributed by atoms with van der Waals surface area (Å²) < 4.78 is 0.941. The number of hydrogen-bond acceptors (Lipinski definition) is 4. The smallest absolute Gasteiger partial charge is 0.131 e. The molecule has 1 fully saturated rings. The lowest BCUT2D eigenvalue weighted by Crippen LogP contribution is -2.31. The topological polar surface area (TPSA) is 41.9 Å². The summed E-state index contributed by atoms with van der Waals surface area (Å²) >= 11 is 3.52. The predicted octanol–water partition coefficient (Wildman–Crippen LogP) is 3.07. The molecule has 0 radical (unpaired) electrons. The first-order chi connectivity index (χ1) is 10.3. The van der Waals surface area contributed by atoms with Crippen molar-refractivity contribution in [2.75, 3.05) is 6.54 Å². The molecule has 3 heterocycles. The Morgan fingerprint density at radius 1 is 1.29 bits per heavy atom. The Kier molecular flexibility index (Phi) is 3.47. The van der Waals surface area contributed by atoms with Gasteiger partial charge in [-0.15, -0.1) is 0 Å². The van der Waals surface area contributed by atoms with Crippen molar-refractivity contribution < 1.29 is 0 Å². The van der Waals surface area contributed by atoms with E-state index in [4.69, 9.17) is 4.98 Å². The number of hydrogen-bond donors (Lipinski definition) is 0. The number of nitrogens with zero attached hydrogens (tertiary/aromatic N) is 4. The largest absolute Gasteiger partial charge is 0.294 e. The molecule has 0 aromatic carbocycles. The van der Waals surface area contributed by atoms with E-state index in [2.05, 4.69) is 36.9 Å². The van der Waals surface area contributed by atoms with E-state index in [9.17, 15) is 0 Å². The van der Waals surface area contributed by atoms with Gasteiger partial charge in [-0.2, -0.15) is 0 Å².